The minimum absolute atomic E-state index is 0.0532. The molecule has 10 heteroatoms. The molecule has 1 N–H and O–H groups in total. The van der Waals surface area contributed by atoms with Gasteiger partial charge in [-0.3, -0.25) is 14.2 Å². The average molecular weight is 439 g/mol. The molecular weight excluding hydrogens is 420 g/mol. The number of nitrogens with one attached hydrogen (secondary N) is 1. The normalized spacial score (nSPS) is 14.6. The summed E-state index contributed by atoms with van der Waals surface area (Å²) in [7, 11) is 1.63. The minimum Gasteiger partial charge on any atom is -0.344 e. The van der Waals surface area contributed by atoms with Gasteiger partial charge in [0.15, 0.2) is 9.90 Å². The molecule has 0 atom stereocenters. The Morgan fingerprint density at radius 1 is 1.20 bits per heavy atom. The molecule has 1 aliphatic heterocycles. The molecule has 0 bridgehead atoms. The molecule has 1 fully saturated rings. The molecular formula is C20H18N6O2S2. The minimum atomic E-state index is -0.174. The van der Waals surface area contributed by atoms with Crippen molar-refractivity contribution in [1.82, 2.24) is 24.4 Å². The van der Waals surface area contributed by atoms with Crippen LogP contribution in [0.3, 0.4) is 0 Å². The summed E-state index contributed by atoms with van der Waals surface area (Å²) >= 11 is 6.75. The van der Waals surface area contributed by atoms with Crippen LogP contribution in [-0.2, 0) is 7.05 Å². The molecule has 1 aromatic carbocycles. The number of H-pyrrole nitrogens is 1. The highest BCUT2D eigenvalue weighted by Crippen LogP contribution is 2.27. The average Bonchev–Trinajstić information content (AvgIpc) is 3.21. The fourth-order valence-electron chi connectivity index (χ4n) is 3.62. The summed E-state index contributed by atoms with van der Waals surface area (Å²) in [4.78, 5) is 42.3. The summed E-state index contributed by atoms with van der Waals surface area (Å²) in [6.45, 7) is 2.63. The van der Waals surface area contributed by atoms with Crippen LogP contribution in [0.5, 0.6) is 0 Å². The molecule has 0 saturated carbocycles. The highest BCUT2D eigenvalue weighted by molar-refractivity contribution is 7.71. The molecule has 1 saturated heterocycles. The predicted molar refractivity (Wildman–Crippen MR) is 120 cm³/mol. The van der Waals surface area contributed by atoms with Crippen molar-refractivity contribution in [3.8, 4) is 0 Å². The van der Waals surface area contributed by atoms with Gasteiger partial charge in [0.1, 0.15) is 10.3 Å². The van der Waals surface area contributed by atoms with Gasteiger partial charge in [-0.1, -0.05) is 11.3 Å². The third-order valence-electron chi connectivity index (χ3n) is 5.34. The van der Waals surface area contributed by atoms with Gasteiger partial charge in [-0.25, -0.2) is 9.97 Å². The lowest BCUT2D eigenvalue weighted by atomic mass is 10.1. The Hall–Kier alpha value is -3.11. The molecule has 0 radical (unpaired) electrons. The largest absolute Gasteiger partial charge is 0.344 e. The molecule has 0 aliphatic carbocycles. The lowest BCUT2D eigenvalue weighted by Gasteiger charge is -2.34. The number of aromatic amines is 1. The Kier molecular flexibility index (Phi) is 4.59. The van der Waals surface area contributed by atoms with Crippen molar-refractivity contribution >= 4 is 55.8 Å². The molecule has 1 aliphatic rings. The molecule has 30 heavy (non-hydrogen) atoms. The van der Waals surface area contributed by atoms with E-state index in [-0.39, 0.29) is 11.5 Å². The Morgan fingerprint density at radius 2 is 2.00 bits per heavy atom. The van der Waals surface area contributed by atoms with Gasteiger partial charge in [0.25, 0.3) is 11.5 Å². The molecule has 152 valence electrons. The van der Waals surface area contributed by atoms with Crippen molar-refractivity contribution in [2.24, 2.45) is 7.05 Å². The first-order valence-corrected chi connectivity index (χ1v) is 10.7. The maximum atomic E-state index is 13.0. The highest BCUT2D eigenvalue weighted by atomic mass is 32.1. The number of pyridine rings is 1. The van der Waals surface area contributed by atoms with Crippen molar-refractivity contribution in [2.75, 3.05) is 31.1 Å². The van der Waals surface area contributed by atoms with Gasteiger partial charge in [-0.05, 0) is 42.5 Å². The van der Waals surface area contributed by atoms with Gasteiger partial charge in [-0.15, -0.1) is 0 Å². The number of carbonyl (C=O) groups is 1. The number of piperazine rings is 1. The highest BCUT2D eigenvalue weighted by Gasteiger charge is 2.24. The lowest BCUT2D eigenvalue weighted by molar-refractivity contribution is 0.0747. The smallest absolute Gasteiger partial charge is 0.261 e. The number of thiazole rings is 1. The lowest BCUT2D eigenvalue weighted by Crippen LogP contribution is -2.48. The van der Waals surface area contributed by atoms with Crippen molar-refractivity contribution in [3.05, 3.63) is 57.2 Å². The maximum Gasteiger partial charge on any atom is 0.261 e. The SMILES string of the molecule is Cn1c(=S)[nH]c2cc(C(=O)N3CCN(c4nc5cccnc5s4)CC3)ccc2c1=O. The number of rotatable bonds is 2. The fraction of sp³-hybridized carbons (Fsp3) is 0.250. The molecule has 5 rings (SSSR count). The van der Waals surface area contributed by atoms with Crippen LogP contribution in [-0.4, -0.2) is 56.5 Å². The Labute approximate surface area is 180 Å². The standard InChI is InChI=1S/C20H18N6O2S2/c1-24-18(28)13-5-4-12(11-15(13)22-19(24)29)17(27)25-7-9-26(10-8-25)20-23-14-3-2-6-21-16(14)30-20/h2-6,11H,7-10H2,1H3,(H,22,29). The number of fused-ring (bicyclic) bond motifs is 2. The number of aromatic nitrogens is 4. The molecule has 4 heterocycles. The van der Waals surface area contributed by atoms with Gasteiger partial charge in [0.05, 0.1) is 10.9 Å². The summed E-state index contributed by atoms with van der Waals surface area (Å²) < 4.78 is 1.71. The molecule has 3 aromatic heterocycles. The summed E-state index contributed by atoms with van der Waals surface area (Å²) in [5.41, 5.74) is 1.84. The summed E-state index contributed by atoms with van der Waals surface area (Å²) in [5.74, 6) is -0.0532. The van der Waals surface area contributed by atoms with Crippen molar-refractivity contribution in [3.63, 3.8) is 0 Å². The van der Waals surface area contributed by atoms with Gasteiger partial charge in [-0.2, -0.15) is 0 Å². The maximum absolute atomic E-state index is 13.0. The topological polar surface area (TPSA) is 87.1 Å². The van der Waals surface area contributed by atoms with E-state index in [4.69, 9.17) is 12.2 Å². The fourth-order valence-corrected chi connectivity index (χ4v) is 4.77. The van der Waals surface area contributed by atoms with Crippen molar-refractivity contribution < 1.29 is 4.79 Å². The van der Waals surface area contributed by atoms with Crippen LogP contribution in [0.4, 0.5) is 5.13 Å². The van der Waals surface area contributed by atoms with E-state index in [0.717, 1.165) is 15.5 Å². The van der Waals surface area contributed by atoms with E-state index in [2.05, 4.69) is 19.9 Å². The number of anilines is 1. The predicted octanol–water partition coefficient (Wildman–Crippen LogP) is 2.56. The molecule has 0 unspecified atom stereocenters. The van der Waals surface area contributed by atoms with E-state index in [9.17, 15) is 9.59 Å². The third kappa shape index (κ3) is 3.17. The van der Waals surface area contributed by atoms with Crippen LogP contribution in [0.1, 0.15) is 10.4 Å². The second-order valence-electron chi connectivity index (χ2n) is 7.16. The van der Waals surface area contributed by atoms with E-state index < -0.39 is 0 Å². The number of nitrogens with zero attached hydrogens (tertiary/aromatic N) is 5. The summed E-state index contributed by atoms with van der Waals surface area (Å²) in [5, 5.41) is 1.45. The van der Waals surface area contributed by atoms with Crippen molar-refractivity contribution in [1.29, 1.82) is 0 Å². The molecule has 0 spiro atoms. The first kappa shape index (κ1) is 18.9. The first-order valence-electron chi connectivity index (χ1n) is 9.50. The first-order chi connectivity index (χ1) is 14.5. The van der Waals surface area contributed by atoms with Crippen LogP contribution in [0.2, 0.25) is 0 Å². The van der Waals surface area contributed by atoms with Crippen LogP contribution < -0.4 is 10.5 Å². The zero-order valence-electron chi connectivity index (χ0n) is 16.2. The summed E-state index contributed by atoms with van der Waals surface area (Å²) in [6.07, 6.45) is 1.77. The summed E-state index contributed by atoms with van der Waals surface area (Å²) in [6, 6.07) is 8.93. The number of benzene rings is 1. The van der Waals surface area contributed by atoms with Crippen molar-refractivity contribution in [2.45, 2.75) is 0 Å². The molecule has 1 amide bonds. The second-order valence-corrected chi connectivity index (χ2v) is 8.50. The zero-order valence-corrected chi connectivity index (χ0v) is 17.8. The van der Waals surface area contributed by atoms with Crippen LogP contribution in [0, 0.1) is 4.77 Å². The number of hydrogen-bond donors (Lipinski definition) is 1. The van der Waals surface area contributed by atoms with Gasteiger partial charge >= 0.3 is 0 Å². The molecule has 8 nitrogen and oxygen atoms in total. The third-order valence-corrected chi connectivity index (χ3v) is 6.76. The zero-order chi connectivity index (χ0) is 20.8. The number of hydrogen-bond acceptors (Lipinski definition) is 7. The van der Waals surface area contributed by atoms with Crippen LogP contribution in [0.25, 0.3) is 21.3 Å². The van der Waals surface area contributed by atoms with Crippen LogP contribution in [0.15, 0.2) is 41.3 Å². The Bertz CT molecular complexity index is 1360. The molecule has 4 aromatic rings. The van der Waals surface area contributed by atoms with Gasteiger partial charge in [0.2, 0.25) is 0 Å². The van der Waals surface area contributed by atoms with E-state index in [1.165, 1.54) is 4.57 Å². The van der Waals surface area contributed by atoms with Gasteiger partial charge in [0, 0.05) is 45.0 Å². The number of carbonyl (C=O) groups excluding carboxylic acids is 1. The Morgan fingerprint density at radius 3 is 2.77 bits per heavy atom. The Balaban J connectivity index is 1.34. The van der Waals surface area contributed by atoms with E-state index >= 15 is 0 Å². The van der Waals surface area contributed by atoms with E-state index in [1.807, 2.05) is 17.0 Å². The van der Waals surface area contributed by atoms with E-state index in [1.54, 1.807) is 42.8 Å². The van der Waals surface area contributed by atoms with Crippen LogP contribution >= 0.6 is 23.6 Å². The number of amides is 1. The quantitative estimate of drug-likeness (QED) is 0.484. The monoisotopic (exact) mass is 438 g/mol. The second kappa shape index (κ2) is 7.29. The van der Waals surface area contributed by atoms with E-state index in [0.29, 0.717) is 47.4 Å². The van der Waals surface area contributed by atoms with Gasteiger partial charge < -0.3 is 14.8 Å².